The van der Waals surface area contributed by atoms with Crippen LogP contribution >= 0.6 is 11.3 Å². The summed E-state index contributed by atoms with van der Waals surface area (Å²) < 4.78 is 0. The zero-order valence-electron chi connectivity index (χ0n) is 9.19. The molecule has 88 valence electrons. The minimum atomic E-state index is -0.595. The van der Waals surface area contributed by atoms with Gasteiger partial charge < -0.3 is 16.8 Å². The molecule has 5 nitrogen and oxygen atoms in total. The molecule has 0 fully saturated rings. The molecule has 0 saturated carbocycles. The van der Waals surface area contributed by atoms with Gasteiger partial charge in [-0.25, -0.2) is 0 Å². The van der Waals surface area contributed by atoms with Gasteiger partial charge in [-0.3, -0.25) is 9.59 Å². The molecule has 5 N–H and O–H groups in total. The van der Waals surface area contributed by atoms with Crippen molar-refractivity contribution in [3.63, 3.8) is 0 Å². The highest BCUT2D eigenvalue weighted by Crippen LogP contribution is 2.22. The summed E-state index contributed by atoms with van der Waals surface area (Å²) in [5.41, 5.74) is 11.1. The minimum absolute atomic E-state index is 0.0389. The summed E-state index contributed by atoms with van der Waals surface area (Å²) in [6.45, 7) is 3.71. The van der Waals surface area contributed by atoms with Crippen molar-refractivity contribution in [2.24, 2.45) is 17.4 Å². The Bertz CT molecular complexity index is 401. The topological polar surface area (TPSA) is 98.2 Å². The Hall–Kier alpha value is -1.40. The molecule has 0 aliphatic carbocycles. The number of carbonyl (C=O) groups excluding carboxylic acids is 2. The summed E-state index contributed by atoms with van der Waals surface area (Å²) in [5, 5.41) is 4.75. The lowest BCUT2D eigenvalue weighted by Crippen LogP contribution is -2.39. The molecule has 1 atom stereocenters. The number of nitrogens with two attached hydrogens (primary N) is 2. The van der Waals surface area contributed by atoms with Crippen LogP contribution in [0.15, 0.2) is 11.4 Å². The van der Waals surface area contributed by atoms with E-state index < -0.39 is 11.9 Å². The van der Waals surface area contributed by atoms with Crippen LogP contribution in [0.2, 0.25) is 0 Å². The molecule has 1 aromatic rings. The Balaban J connectivity index is 2.77. The Labute approximate surface area is 97.8 Å². The maximum absolute atomic E-state index is 11.6. The molecule has 6 heteroatoms. The smallest absolute Gasteiger partial charge is 0.251 e. The van der Waals surface area contributed by atoms with E-state index in [1.165, 1.54) is 11.3 Å². The van der Waals surface area contributed by atoms with Crippen LogP contribution in [0.4, 0.5) is 5.00 Å². The lowest BCUT2D eigenvalue weighted by molar-refractivity contribution is -0.118. The molecule has 0 spiro atoms. The Morgan fingerprint density at radius 3 is 2.56 bits per heavy atom. The molecule has 16 heavy (non-hydrogen) atoms. The van der Waals surface area contributed by atoms with Crippen molar-refractivity contribution in [3.05, 3.63) is 17.0 Å². The van der Waals surface area contributed by atoms with Crippen molar-refractivity contribution in [3.8, 4) is 0 Å². The van der Waals surface area contributed by atoms with Crippen LogP contribution in [0.1, 0.15) is 24.2 Å². The monoisotopic (exact) mass is 241 g/mol. The van der Waals surface area contributed by atoms with Crippen LogP contribution in [-0.4, -0.2) is 17.9 Å². The average molecular weight is 241 g/mol. The van der Waals surface area contributed by atoms with Crippen molar-refractivity contribution in [1.82, 2.24) is 0 Å². The minimum Gasteiger partial charge on any atom is -0.366 e. The first-order chi connectivity index (χ1) is 7.43. The number of primary amides is 1. The number of nitrogens with one attached hydrogen (secondary N) is 1. The number of carbonyl (C=O) groups is 2. The third-order valence-electron chi connectivity index (χ3n) is 2.19. The Kier molecular flexibility index (Phi) is 4.03. The Morgan fingerprint density at radius 1 is 1.44 bits per heavy atom. The van der Waals surface area contributed by atoms with E-state index in [1.807, 2.05) is 13.8 Å². The molecule has 0 aliphatic heterocycles. The lowest BCUT2D eigenvalue weighted by Gasteiger charge is -2.14. The van der Waals surface area contributed by atoms with Gasteiger partial charge in [0.2, 0.25) is 5.91 Å². The molecule has 0 unspecified atom stereocenters. The fourth-order valence-electron chi connectivity index (χ4n) is 1.10. The Morgan fingerprint density at radius 2 is 2.06 bits per heavy atom. The van der Waals surface area contributed by atoms with Crippen molar-refractivity contribution in [2.75, 3.05) is 5.32 Å². The van der Waals surface area contributed by atoms with Gasteiger partial charge in [0.1, 0.15) is 5.00 Å². The largest absolute Gasteiger partial charge is 0.366 e. The highest BCUT2D eigenvalue weighted by molar-refractivity contribution is 7.14. The van der Waals surface area contributed by atoms with Gasteiger partial charge in [0.25, 0.3) is 5.91 Å². The molecule has 1 rings (SSSR count). The van der Waals surface area contributed by atoms with Crippen molar-refractivity contribution in [2.45, 2.75) is 19.9 Å². The zero-order valence-corrected chi connectivity index (χ0v) is 10.0. The van der Waals surface area contributed by atoms with E-state index in [0.29, 0.717) is 10.6 Å². The van der Waals surface area contributed by atoms with E-state index in [4.69, 9.17) is 11.5 Å². The number of amides is 2. The molecular weight excluding hydrogens is 226 g/mol. The molecule has 0 saturated heterocycles. The van der Waals surface area contributed by atoms with Crippen LogP contribution in [0.3, 0.4) is 0 Å². The molecule has 2 amide bonds. The predicted molar refractivity (Wildman–Crippen MR) is 64.3 cm³/mol. The van der Waals surface area contributed by atoms with E-state index >= 15 is 0 Å². The first kappa shape index (κ1) is 12.7. The summed E-state index contributed by atoms with van der Waals surface area (Å²) >= 11 is 1.25. The summed E-state index contributed by atoms with van der Waals surface area (Å²) in [4.78, 5) is 22.7. The van der Waals surface area contributed by atoms with Crippen LogP contribution < -0.4 is 16.8 Å². The van der Waals surface area contributed by atoms with E-state index in [1.54, 1.807) is 11.4 Å². The van der Waals surface area contributed by atoms with E-state index in [0.717, 1.165) is 0 Å². The zero-order chi connectivity index (χ0) is 12.3. The lowest BCUT2D eigenvalue weighted by atomic mass is 10.1. The van der Waals surface area contributed by atoms with E-state index in [2.05, 4.69) is 5.32 Å². The summed E-state index contributed by atoms with van der Waals surface area (Å²) in [6.07, 6.45) is 0. The molecule has 0 aromatic carbocycles. The SMILES string of the molecule is CC(C)[C@H](N)C(=O)Nc1sccc1C(N)=O. The predicted octanol–water partition coefficient (Wildman–Crippen LogP) is 0.769. The van der Waals surface area contributed by atoms with Gasteiger partial charge in [0, 0.05) is 0 Å². The van der Waals surface area contributed by atoms with E-state index in [9.17, 15) is 9.59 Å². The van der Waals surface area contributed by atoms with Gasteiger partial charge in [0.05, 0.1) is 11.6 Å². The second-order valence-electron chi connectivity index (χ2n) is 3.79. The van der Waals surface area contributed by atoms with Crippen LogP contribution in [0, 0.1) is 5.92 Å². The van der Waals surface area contributed by atoms with Crippen LogP contribution in [0.25, 0.3) is 0 Å². The van der Waals surface area contributed by atoms with Crippen LogP contribution in [-0.2, 0) is 4.79 Å². The molecular formula is C10H15N3O2S. The molecule has 0 aliphatic rings. The first-order valence-electron chi connectivity index (χ1n) is 4.87. The van der Waals surface area contributed by atoms with Crippen molar-refractivity contribution < 1.29 is 9.59 Å². The summed E-state index contributed by atoms with van der Waals surface area (Å²) in [5.74, 6) is -0.827. The quantitative estimate of drug-likeness (QED) is 0.726. The number of hydrogen-bond acceptors (Lipinski definition) is 4. The summed E-state index contributed by atoms with van der Waals surface area (Å²) in [6, 6.07) is 0.978. The third kappa shape index (κ3) is 2.80. The van der Waals surface area contributed by atoms with Gasteiger partial charge in [-0.2, -0.15) is 0 Å². The fourth-order valence-corrected chi connectivity index (χ4v) is 1.89. The third-order valence-corrected chi connectivity index (χ3v) is 3.02. The summed E-state index contributed by atoms with van der Waals surface area (Å²) in [7, 11) is 0. The maximum atomic E-state index is 11.6. The normalized spacial score (nSPS) is 12.5. The number of rotatable bonds is 4. The highest BCUT2D eigenvalue weighted by Gasteiger charge is 2.19. The molecule has 1 heterocycles. The second-order valence-corrected chi connectivity index (χ2v) is 4.70. The number of thiophene rings is 1. The molecule has 0 radical (unpaired) electrons. The standard InChI is InChI=1S/C10H15N3O2S/c1-5(2)7(11)9(15)13-10-6(8(12)14)3-4-16-10/h3-5,7H,11H2,1-2H3,(H2,12,14)(H,13,15)/t7-/m0/s1. The highest BCUT2D eigenvalue weighted by atomic mass is 32.1. The molecule has 0 bridgehead atoms. The van der Waals surface area contributed by atoms with Gasteiger partial charge >= 0.3 is 0 Å². The van der Waals surface area contributed by atoms with Gasteiger partial charge in [0.15, 0.2) is 0 Å². The second kappa shape index (κ2) is 5.09. The van der Waals surface area contributed by atoms with Gasteiger partial charge in [-0.15, -0.1) is 11.3 Å². The van der Waals surface area contributed by atoms with Gasteiger partial charge in [-0.1, -0.05) is 13.8 Å². The van der Waals surface area contributed by atoms with E-state index in [-0.39, 0.29) is 11.8 Å². The number of hydrogen-bond donors (Lipinski definition) is 3. The van der Waals surface area contributed by atoms with Gasteiger partial charge in [-0.05, 0) is 17.4 Å². The van der Waals surface area contributed by atoms with Crippen molar-refractivity contribution in [1.29, 1.82) is 0 Å². The maximum Gasteiger partial charge on any atom is 0.251 e. The fraction of sp³-hybridized carbons (Fsp3) is 0.400. The average Bonchev–Trinajstić information content (AvgIpc) is 2.64. The van der Waals surface area contributed by atoms with Crippen molar-refractivity contribution >= 4 is 28.2 Å². The van der Waals surface area contributed by atoms with Crippen LogP contribution in [0.5, 0.6) is 0 Å². The first-order valence-corrected chi connectivity index (χ1v) is 5.75. The number of anilines is 1. The molecule has 1 aromatic heterocycles.